The summed E-state index contributed by atoms with van der Waals surface area (Å²) in [6.07, 6.45) is 14.6. The van der Waals surface area contributed by atoms with Gasteiger partial charge in [0.25, 0.3) is 0 Å². The van der Waals surface area contributed by atoms with Gasteiger partial charge < -0.3 is 4.42 Å². The number of hydrogen-bond acceptors (Lipinski definition) is 1. The van der Waals surface area contributed by atoms with Gasteiger partial charge in [0.2, 0.25) is 0 Å². The molecule has 0 atom stereocenters. The van der Waals surface area contributed by atoms with Crippen LogP contribution in [0.4, 0.5) is 0 Å². The van der Waals surface area contributed by atoms with E-state index in [-0.39, 0.29) is 7.92 Å². The van der Waals surface area contributed by atoms with Crippen LogP contribution in [0.15, 0.2) is 16.5 Å². The molecular weight excluding hydrogens is 251 g/mol. The molecule has 19 heavy (non-hydrogen) atoms. The molecule has 2 aliphatic rings. The van der Waals surface area contributed by atoms with Crippen LogP contribution in [-0.4, -0.2) is 11.3 Å². The van der Waals surface area contributed by atoms with Crippen molar-refractivity contribution in [3.63, 3.8) is 0 Å². The Morgan fingerprint density at radius 2 is 1.37 bits per heavy atom. The summed E-state index contributed by atoms with van der Waals surface area (Å²) < 4.78 is 6.08. The zero-order valence-electron chi connectivity index (χ0n) is 12.2. The number of hydrogen-bond donors (Lipinski definition) is 0. The SMILES string of the molecule is Cc1ccc(P(C2CCCCC2)C2CCCCC2)o1. The fourth-order valence-corrected chi connectivity index (χ4v) is 7.59. The number of aryl methyl sites for hydroxylation is 1. The summed E-state index contributed by atoms with van der Waals surface area (Å²) >= 11 is 0. The van der Waals surface area contributed by atoms with E-state index in [1.807, 2.05) is 0 Å². The molecule has 0 N–H and O–H groups in total. The Kier molecular flexibility index (Phi) is 4.64. The predicted molar refractivity (Wildman–Crippen MR) is 83.7 cm³/mol. The van der Waals surface area contributed by atoms with Gasteiger partial charge in [0.15, 0.2) is 0 Å². The van der Waals surface area contributed by atoms with Crippen molar-refractivity contribution in [2.45, 2.75) is 82.4 Å². The minimum Gasteiger partial charge on any atom is -0.462 e. The maximum absolute atomic E-state index is 6.08. The van der Waals surface area contributed by atoms with Crippen molar-refractivity contribution in [1.29, 1.82) is 0 Å². The molecule has 1 aromatic rings. The average Bonchev–Trinajstić information content (AvgIpc) is 2.88. The second kappa shape index (κ2) is 6.44. The summed E-state index contributed by atoms with van der Waals surface area (Å²) in [5.41, 5.74) is 3.28. The van der Waals surface area contributed by atoms with E-state index in [4.69, 9.17) is 4.42 Å². The van der Waals surface area contributed by atoms with Crippen molar-refractivity contribution in [1.82, 2.24) is 0 Å². The summed E-state index contributed by atoms with van der Waals surface area (Å²) in [6, 6.07) is 4.47. The summed E-state index contributed by atoms with van der Waals surface area (Å²) in [4.78, 5) is 0. The Morgan fingerprint density at radius 3 is 1.79 bits per heavy atom. The summed E-state index contributed by atoms with van der Waals surface area (Å²) in [6.45, 7) is 2.10. The highest BCUT2D eigenvalue weighted by atomic mass is 31.1. The van der Waals surface area contributed by atoms with Crippen LogP contribution in [0.25, 0.3) is 0 Å². The van der Waals surface area contributed by atoms with E-state index in [2.05, 4.69) is 19.1 Å². The first kappa shape index (κ1) is 13.7. The molecule has 0 amide bonds. The second-order valence-corrected chi connectivity index (χ2v) is 9.09. The van der Waals surface area contributed by atoms with E-state index in [1.165, 1.54) is 69.7 Å². The third kappa shape index (κ3) is 3.24. The lowest BCUT2D eigenvalue weighted by Gasteiger charge is -2.37. The molecule has 1 aromatic heterocycles. The Hall–Kier alpha value is -0.290. The predicted octanol–water partition coefficient (Wildman–Crippen LogP) is 5.36. The van der Waals surface area contributed by atoms with E-state index >= 15 is 0 Å². The van der Waals surface area contributed by atoms with Gasteiger partial charge in [-0.05, 0) is 64.0 Å². The molecule has 2 aliphatic carbocycles. The van der Waals surface area contributed by atoms with E-state index in [9.17, 15) is 0 Å². The molecule has 0 bridgehead atoms. The quantitative estimate of drug-likeness (QED) is 0.678. The van der Waals surface area contributed by atoms with Crippen LogP contribution in [0.5, 0.6) is 0 Å². The van der Waals surface area contributed by atoms with Gasteiger partial charge in [0.1, 0.15) is 11.3 Å². The van der Waals surface area contributed by atoms with Gasteiger partial charge in [0.05, 0.1) is 0 Å². The van der Waals surface area contributed by atoms with Crippen molar-refractivity contribution in [3.8, 4) is 0 Å². The lowest BCUT2D eigenvalue weighted by molar-refractivity contribution is 0.482. The first-order chi connectivity index (χ1) is 9.34. The fraction of sp³-hybridized carbons (Fsp3) is 0.765. The van der Waals surface area contributed by atoms with Gasteiger partial charge in [-0.25, -0.2) is 0 Å². The fourth-order valence-electron chi connectivity index (χ4n) is 3.94. The van der Waals surface area contributed by atoms with Crippen molar-refractivity contribution >= 4 is 13.4 Å². The molecule has 2 heteroatoms. The van der Waals surface area contributed by atoms with E-state index in [0.717, 1.165) is 17.1 Å². The van der Waals surface area contributed by atoms with Crippen LogP contribution in [0.2, 0.25) is 0 Å². The lowest BCUT2D eigenvalue weighted by atomic mass is 9.99. The molecule has 2 saturated carbocycles. The van der Waals surface area contributed by atoms with Crippen LogP contribution in [0.1, 0.15) is 70.0 Å². The van der Waals surface area contributed by atoms with Crippen molar-refractivity contribution < 1.29 is 4.42 Å². The molecule has 0 radical (unpaired) electrons. The second-order valence-electron chi connectivity index (χ2n) is 6.38. The Bertz CT molecular complexity index is 368. The highest BCUT2D eigenvalue weighted by molar-refractivity contribution is 7.66. The Labute approximate surface area is 118 Å². The van der Waals surface area contributed by atoms with Crippen molar-refractivity contribution in [2.75, 3.05) is 0 Å². The molecule has 0 saturated heterocycles. The summed E-state index contributed by atoms with van der Waals surface area (Å²) in [5.74, 6) is 1.11. The van der Waals surface area contributed by atoms with E-state index in [0.29, 0.717) is 0 Å². The standard InChI is InChI=1S/C17H27OP/c1-14-12-13-17(18-14)19(15-8-4-2-5-9-15)16-10-6-3-7-11-16/h12-13,15-16H,2-11H2,1H3. The molecule has 1 nitrogen and oxygen atoms in total. The van der Waals surface area contributed by atoms with Crippen LogP contribution >= 0.6 is 7.92 Å². The van der Waals surface area contributed by atoms with Gasteiger partial charge in [-0.15, -0.1) is 0 Å². The zero-order valence-corrected chi connectivity index (χ0v) is 13.1. The largest absolute Gasteiger partial charge is 0.462 e. The average molecular weight is 278 g/mol. The van der Waals surface area contributed by atoms with Crippen molar-refractivity contribution in [2.24, 2.45) is 0 Å². The normalized spacial score (nSPS) is 23.1. The van der Waals surface area contributed by atoms with E-state index < -0.39 is 0 Å². The van der Waals surface area contributed by atoms with Crippen LogP contribution in [-0.2, 0) is 0 Å². The zero-order chi connectivity index (χ0) is 13.1. The molecular formula is C17H27OP. The van der Waals surface area contributed by atoms with Gasteiger partial charge in [-0.1, -0.05) is 38.5 Å². The molecule has 106 valence electrons. The number of rotatable bonds is 3. The molecule has 2 fully saturated rings. The first-order valence-corrected chi connectivity index (χ1v) is 9.67. The maximum atomic E-state index is 6.08. The van der Waals surface area contributed by atoms with Crippen molar-refractivity contribution in [3.05, 3.63) is 17.9 Å². The Morgan fingerprint density at radius 1 is 0.842 bits per heavy atom. The molecule has 1 heterocycles. The van der Waals surface area contributed by atoms with Gasteiger partial charge >= 0.3 is 0 Å². The summed E-state index contributed by atoms with van der Waals surface area (Å²) in [7, 11) is -0.0379. The number of furan rings is 1. The van der Waals surface area contributed by atoms with Gasteiger partial charge in [0, 0.05) is 0 Å². The monoisotopic (exact) mass is 278 g/mol. The molecule has 0 unspecified atom stereocenters. The molecule has 3 rings (SSSR count). The molecule has 0 aromatic carbocycles. The minimum absolute atomic E-state index is 0.0379. The smallest absolute Gasteiger partial charge is 0.126 e. The minimum atomic E-state index is -0.0379. The maximum Gasteiger partial charge on any atom is 0.126 e. The van der Waals surface area contributed by atoms with Gasteiger partial charge in [-0.3, -0.25) is 0 Å². The summed E-state index contributed by atoms with van der Waals surface area (Å²) in [5, 5.41) is 0. The van der Waals surface area contributed by atoms with Crippen LogP contribution in [0, 0.1) is 6.92 Å². The highest BCUT2D eigenvalue weighted by Gasteiger charge is 2.34. The topological polar surface area (TPSA) is 13.1 Å². The van der Waals surface area contributed by atoms with Crippen LogP contribution < -0.4 is 5.50 Å². The Balaban J connectivity index is 1.81. The molecule has 0 aliphatic heterocycles. The van der Waals surface area contributed by atoms with Crippen LogP contribution in [0.3, 0.4) is 0 Å². The highest BCUT2D eigenvalue weighted by Crippen LogP contribution is 2.54. The third-order valence-corrected chi connectivity index (χ3v) is 8.27. The lowest BCUT2D eigenvalue weighted by Crippen LogP contribution is -2.25. The van der Waals surface area contributed by atoms with E-state index in [1.54, 1.807) is 0 Å². The first-order valence-electron chi connectivity index (χ1n) is 8.19. The van der Waals surface area contributed by atoms with Gasteiger partial charge in [-0.2, -0.15) is 0 Å². The molecule has 0 spiro atoms. The third-order valence-electron chi connectivity index (χ3n) is 4.92.